The molecule has 0 saturated carbocycles. The number of allylic oxidation sites excluding steroid dienone is 5. The summed E-state index contributed by atoms with van der Waals surface area (Å²) in [6.45, 7) is 4.36. The summed E-state index contributed by atoms with van der Waals surface area (Å²) in [6, 6.07) is -0.832. The first kappa shape index (κ1) is 83.9. The second kappa shape index (κ2) is 66.3. The summed E-state index contributed by atoms with van der Waals surface area (Å²) in [4.78, 5) is 25.1. The lowest BCUT2D eigenvalue weighted by Crippen LogP contribution is -2.60. The highest BCUT2D eigenvalue weighted by Gasteiger charge is 2.44. The first-order chi connectivity index (χ1) is 43.2. The SMILES string of the molecule is CCCCCCC/C=C/CC/C=C/CC/C=C/C(O)C(COC1OC(CO)C(O)C(O)C1O)NC(=O)CCCCCCCCCCCCCCCCCCCCCCCCCCCCCCCCCCCOC(=O)CCCCCCCCCCCCCC. The normalized spacial score (nSPS) is 17.9. The molecular weight excluding hydrogens is 1100 g/mol. The monoisotopic (exact) mass is 1240 g/mol. The molecule has 0 aromatic rings. The van der Waals surface area contributed by atoms with E-state index in [-0.39, 0.29) is 18.5 Å². The van der Waals surface area contributed by atoms with Crippen molar-refractivity contribution in [3.8, 4) is 0 Å². The average Bonchev–Trinajstić information content (AvgIpc) is 3.68. The molecule has 0 radical (unpaired) electrons. The van der Waals surface area contributed by atoms with Crippen LogP contribution in [-0.2, 0) is 23.8 Å². The average molecular weight is 1250 g/mol. The maximum Gasteiger partial charge on any atom is 0.305 e. The van der Waals surface area contributed by atoms with Gasteiger partial charge in [-0.15, -0.1) is 0 Å². The molecule has 11 heteroatoms. The van der Waals surface area contributed by atoms with E-state index in [1.165, 1.54) is 289 Å². The van der Waals surface area contributed by atoms with Gasteiger partial charge in [0.25, 0.3) is 0 Å². The fourth-order valence-corrected chi connectivity index (χ4v) is 12.2. The maximum absolute atomic E-state index is 13.1. The van der Waals surface area contributed by atoms with Crippen molar-refractivity contribution < 1.29 is 49.3 Å². The molecule has 1 saturated heterocycles. The van der Waals surface area contributed by atoms with Crippen molar-refractivity contribution in [2.75, 3.05) is 19.8 Å². The van der Waals surface area contributed by atoms with Crippen LogP contribution in [0.2, 0.25) is 0 Å². The molecule has 0 aliphatic carbocycles. The topological polar surface area (TPSA) is 175 Å². The number of hydrogen-bond acceptors (Lipinski definition) is 10. The van der Waals surface area contributed by atoms with Crippen LogP contribution < -0.4 is 5.32 Å². The molecule has 0 aromatic carbocycles. The van der Waals surface area contributed by atoms with Gasteiger partial charge in [0, 0.05) is 12.8 Å². The number of aliphatic hydroxyl groups is 5. The summed E-state index contributed by atoms with van der Waals surface area (Å²) < 4.78 is 16.8. The predicted octanol–water partition coefficient (Wildman–Crippen LogP) is 20.1. The van der Waals surface area contributed by atoms with Gasteiger partial charge >= 0.3 is 5.97 Å². The molecule has 6 N–H and O–H groups in total. The van der Waals surface area contributed by atoms with Crippen molar-refractivity contribution in [1.29, 1.82) is 0 Å². The molecule has 1 aliphatic rings. The quantitative estimate of drug-likeness (QED) is 0.0195. The predicted molar refractivity (Wildman–Crippen MR) is 371 cm³/mol. The largest absolute Gasteiger partial charge is 0.466 e. The second-order valence-corrected chi connectivity index (χ2v) is 26.7. The Labute approximate surface area is 543 Å². The highest BCUT2D eigenvalue weighted by Crippen LogP contribution is 2.24. The van der Waals surface area contributed by atoms with Gasteiger partial charge in [-0.25, -0.2) is 0 Å². The maximum atomic E-state index is 13.1. The van der Waals surface area contributed by atoms with E-state index in [1.807, 2.05) is 6.08 Å². The zero-order chi connectivity index (χ0) is 63.7. The van der Waals surface area contributed by atoms with E-state index in [0.717, 1.165) is 64.2 Å². The Morgan fingerprint density at radius 3 is 1.12 bits per heavy atom. The summed E-state index contributed by atoms with van der Waals surface area (Å²) >= 11 is 0. The van der Waals surface area contributed by atoms with Gasteiger partial charge < -0.3 is 45.1 Å². The van der Waals surface area contributed by atoms with Crippen molar-refractivity contribution in [2.45, 2.75) is 423 Å². The minimum atomic E-state index is -1.58. The Kier molecular flexibility index (Phi) is 63.2. The Balaban J connectivity index is 1.94. The highest BCUT2D eigenvalue weighted by atomic mass is 16.7. The number of unbranched alkanes of at least 4 members (excludes halogenated alkanes) is 50. The second-order valence-electron chi connectivity index (χ2n) is 26.7. The summed E-state index contributed by atoms with van der Waals surface area (Å²) in [6.07, 6.45) is 75.9. The van der Waals surface area contributed by atoms with Crippen molar-refractivity contribution in [1.82, 2.24) is 5.32 Å². The highest BCUT2D eigenvalue weighted by molar-refractivity contribution is 5.76. The molecule has 11 nitrogen and oxygen atoms in total. The summed E-state index contributed by atoms with van der Waals surface area (Å²) in [5.74, 6) is -0.174. The Hall–Kier alpha value is -2.12. The van der Waals surface area contributed by atoms with E-state index < -0.39 is 49.5 Å². The fraction of sp³-hybridized carbons (Fsp3) is 0.896. The molecular formula is C77H145NO10. The van der Waals surface area contributed by atoms with E-state index in [9.17, 15) is 35.1 Å². The Morgan fingerprint density at radius 1 is 0.409 bits per heavy atom. The van der Waals surface area contributed by atoms with Crippen LogP contribution in [0.15, 0.2) is 36.5 Å². The molecule has 7 unspecified atom stereocenters. The molecule has 1 amide bonds. The van der Waals surface area contributed by atoms with Crippen LogP contribution >= 0.6 is 0 Å². The fourth-order valence-electron chi connectivity index (χ4n) is 12.2. The lowest BCUT2D eigenvalue weighted by molar-refractivity contribution is -0.302. The molecule has 0 aromatic heterocycles. The molecule has 7 atom stereocenters. The van der Waals surface area contributed by atoms with Gasteiger partial charge in [-0.2, -0.15) is 0 Å². The van der Waals surface area contributed by atoms with Crippen molar-refractivity contribution in [3.05, 3.63) is 36.5 Å². The lowest BCUT2D eigenvalue weighted by atomic mass is 9.99. The third-order valence-corrected chi connectivity index (χ3v) is 18.2. The van der Waals surface area contributed by atoms with Crippen molar-refractivity contribution >= 4 is 11.9 Å². The molecule has 1 aliphatic heterocycles. The van der Waals surface area contributed by atoms with E-state index in [2.05, 4.69) is 43.5 Å². The smallest absolute Gasteiger partial charge is 0.305 e. The number of hydrogen-bond donors (Lipinski definition) is 6. The zero-order valence-corrected chi connectivity index (χ0v) is 57.7. The van der Waals surface area contributed by atoms with E-state index in [0.29, 0.717) is 19.4 Å². The molecule has 88 heavy (non-hydrogen) atoms. The van der Waals surface area contributed by atoms with Gasteiger partial charge in [0.05, 0.1) is 32.0 Å². The summed E-state index contributed by atoms with van der Waals surface area (Å²) in [5, 5.41) is 54.6. The van der Waals surface area contributed by atoms with Gasteiger partial charge in [0.15, 0.2) is 6.29 Å². The molecule has 518 valence electrons. The van der Waals surface area contributed by atoms with Gasteiger partial charge in [0.2, 0.25) is 5.91 Å². The number of carbonyl (C=O) groups excluding carboxylic acids is 2. The molecule has 1 rings (SSSR count). The summed E-state index contributed by atoms with van der Waals surface area (Å²) in [7, 11) is 0. The van der Waals surface area contributed by atoms with E-state index in [4.69, 9.17) is 14.2 Å². The first-order valence-electron chi connectivity index (χ1n) is 38.3. The first-order valence-corrected chi connectivity index (χ1v) is 38.3. The molecule has 0 spiro atoms. The van der Waals surface area contributed by atoms with Crippen LogP contribution in [0.5, 0.6) is 0 Å². The minimum absolute atomic E-state index is 0.0153. The number of amides is 1. The van der Waals surface area contributed by atoms with Crippen LogP contribution in [0.1, 0.15) is 380 Å². The standard InChI is InChI=1S/C77H145NO10/c1-3-5-7-9-11-13-15-17-37-40-43-47-51-55-59-63-70(80)69(68-87-77-76(85)75(84)74(83)71(67-79)88-77)78-72(81)64-60-56-52-48-44-41-38-35-33-31-29-27-25-23-21-19-18-20-22-24-26-28-30-32-34-36-39-42-46-50-54-58-62-66-86-73(82)65-61-57-53-49-45-16-14-12-10-8-6-4-2/h15,17,43,47,59,63,69-71,74-77,79-80,83-85H,3-14,16,18-42,44-46,48-58,60-62,64-68H2,1-2H3,(H,78,81)/b17-15+,47-43+,63-59+. The molecule has 1 heterocycles. The van der Waals surface area contributed by atoms with Gasteiger partial charge in [0.1, 0.15) is 24.4 Å². The van der Waals surface area contributed by atoms with Crippen LogP contribution in [0.25, 0.3) is 0 Å². The van der Waals surface area contributed by atoms with Crippen LogP contribution in [0.4, 0.5) is 0 Å². The number of rotatable bonds is 68. The van der Waals surface area contributed by atoms with E-state index in [1.54, 1.807) is 6.08 Å². The number of esters is 1. The van der Waals surface area contributed by atoms with Gasteiger partial charge in [-0.3, -0.25) is 9.59 Å². The molecule has 1 fully saturated rings. The number of ether oxygens (including phenoxy) is 3. The van der Waals surface area contributed by atoms with Crippen LogP contribution in [0, 0.1) is 0 Å². The molecule has 0 bridgehead atoms. The van der Waals surface area contributed by atoms with Gasteiger partial charge in [-0.1, -0.05) is 346 Å². The number of carbonyl (C=O) groups is 2. The zero-order valence-electron chi connectivity index (χ0n) is 57.7. The third kappa shape index (κ3) is 54.4. The van der Waals surface area contributed by atoms with Crippen molar-refractivity contribution in [2.24, 2.45) is 0 Å². The van der Waals surface area contributed by atoms with E-state index >= 15 is 0 Å². The van der Waals surface area contributed by atoms with Gasteiger partial charge in [-0.05, 0) is 57.8 Å². The lowest BCUT2D eigenvalue weighted by Gasteiger charge is -2.40. The van der Waals surface area contributed by atoms with Crippen LogP contribution in [0.3, 0.4) is 0 Å². The summed E-state index contributed by atoms with van der Waals surface area (Å²) in [5.41, 5.74) is 0. The van der Waals surface area contributed by atoms with Crippen molar-refractivity contribution in [3.63, 3.8) is 0 Å². The third-order valence-electron chi connectivity index (χ3n) is 18.2. The Morgan fingerprint density at radius 2 is 0.739 bits per heavy atom. The Bertz CT molecular complexity index is 1560. The minimum Gasteiger partial charge on any atom is -0.466 e. The van der Waals surface area contributed by atoms with Crippen LogP contribution in [-0.4, -0.2) is 100 Å². The number of aliphatic hydroxyl groups excluding tert-OH is 5. The number of nitrogens with one attached hydrogen (secondary N) is 1.